The number of sulfone groups is 1. The van der Waals surface area contributed by atoms with Crippen molar-refractivity contribution >= 4 is 39.8 Å². The van der Waals surface area contributed by atoms with Gasteiger partial charge < -0.3 is 15.4 Å². The van der Waals surface area contributed by atoms with Crippen molar-refractivity contribution in [1.82, 2.24) is 10.6 Å². The Morgan fingerprint density at radius 2 is 1.82 bits per heavy atom. The van der Waals surface area contributed by atoms with E-state index in [9.17, 15) is 8.42 Å². The Labute approximate surface area is 149 Å². The first kappa shape index (κ1) is 21.0. The minimum Gasteiger partial charge on any atom is -0.492 e. The Balaban J connectivity index is 0.00000441. The van der Waals surface area contributed by atoms with Crippen molar-refractivity contribution in [1.29, 1.82) is 0 Å². The first-order valence-electron chi connectivity index (χ1n) is 6.90. The van der Waals surface area contributed by atoms with Crippen LogP contribution in [0.5, 0.6) is 5.75 Å². The topological polar surface area (TPSA) is 79.8 Å². The average molecular weight is 441 g/mol. The predicted octanol–water partition coefficient (Wildman–Crippen LogP) is 1.28. The summed E-state index contributed by atoms with van der Waals surface area (Å²) >= 11 is 0. The summed E-state index contributed by atoms with van der Waals surface area (Å²) in [4.78, 5) is 4.02. The summed E-state index contributed by atoms with van der Waals surface area (Å²) in [5, 5.41) is 6.03. The summed E-state index contributed by atoms with van der Waals surface area (Å²) in [6, 6.07) is 9.54. The zero-order valence-corrected chi connectivity index (χ0v) is 16.1. The van der Waals surface area contributed by atoms with Gasteiger partial charge in [-0.2, -0.15) is 0 Å². The molecule has 2 N–H and O–H groups in total. The van der Waals surface area contributed by atoms with E-state index < -0.39 is 9.84 Å². The molecule has 0 atom stereocenters. The molecule has 0 radical (unpaired) electrons. The molecule has 126 valence electrons. The van der Waals surface area contributed by atoms with Gasteiger partial charge in [0.1, 0.15) is 12.4 Å². The van der Waals surface area contributed by atoms with Crippen molar-refractivity contribution in [2.24, 2.45) is 4.99 Å². The summed E-state index contributed by atoms with van der Waals surface area (Å²) < 4.78 is 28.3. The molecule has 0 fully saturated rings. The number of para-hydroxylation sites is 1. The SMILES string of the molecule is CCS(=O)(=O)CCNC(=NC)NCCOc1ccccc1.I. The van der Waals surface area contributed by atoms with Crippen molar-refractivity contribution in [3.63, 3.8) is 0 Å². The molecule has 22 heavy (non-hydrogen) atoms. The van der Waals surface area contributed by atoms with Crippen LogP contribution in [0.1, 0.15) is 6.92 Å². The number of halogens is 1. The molecule has 1 aromatic carbocycles. The number of hydrogen-bond acceptors (Lipinski definition) is 4. The Hall–Kier alpha value is -1.03. The molecule has 0 aliphatic heterocycles. The molecule has 0 aliphatic carbocycles. The zero-order valence-electron chi connectivity index (χ0n) is 12.9. The van der Waals surface area contributed by atoms with E-state index >= 15 is 0 Å². The van der Waals surface area contributed by atoms with Gasteiger partial charge in [-0.15, -0.1) is 24.0 Å². The monoisotopic (exact) mass is 441 g/mol. The van der Waals surface area contributed by atoms with Crippen LogP contribution < -0.4 is 15.4 Å². The van der Waals surface area contributed by atoms with Crippen molar-refractivity contribution in [2.45, 2.75) is 6.92 Å². The van der Waals surface area contributed by atoms with Gasteiger partial charge in [0.05, 0.1) is 12.3 Å². The van der Waals surface area contributed by atoms with Crippen LogP contribution in [-0.4, -0.2) is 52.6 Å². The fourth-order valence-electron chi connectivity index (χ4n) is 1.54. The lowest BCUT2D eigenvalue weighted by Gasteiger charge is -2.12. The molecule has 1 aromatic rings. The van der Waals surface area contributed by atoms with Gasteiger partial charge in [-0.3, -0.25) is 4.99 Å². The third-order valence-electron chi connectivity index (χ3n) is 2.78. The summed E-state index contributed by atoms with van der Waals surface area (Å²) in [5.74, 6) is 1.64. The molecule has 0 amide bonds. The molecule has 0 aliphatic rings. The van der Waals surface area contributed by atoms with Gasteiger partial charge in [-0.25, -0.2) is 8.42 Å². The molecular weight excluding hydrogens is 417 g/mol. The van der Waals surface area contributed by atoms with Gasteiger partial charge >= 0.3 is 0 Å². The molecule has 0 bridgehead atoms. The minimum atomic E-state index is -2.95. The van der Waals surface area contributed by atoms with E-state index in [1.54, 1.807) is 14.0 Å². The van der Waals surface area contributed by atoms with Crippen molar-refractivity contribution in [3.05, 3.63) is 30.3 Å². The maximum atomic E-state index is 11.4. The predicted molar refractivity (Wildman–Crippen MR) is 101 cm³/mol. The number of hydrogen-bond donors (Lipinski definition) is 2. The molecule has 0 saturated carbocycles. The Morgan fingerprint density at radius 1 is 1.18 bits per heavy atom. The summed E-state index contributed by atoms with van der Waals surface area (Å²) in [7, 11) is -1.31. The highest BCUT2D eigenvalue weighted by atomic mass is 127. The highest BCUT2D eigenvalue weighted by Gasteiger charge is 2.07. The van der Waals surface area contributed by atoms with Crippen molar-refractivity contribution in [2.75, 3.05) is 38.2 Å². The van der Waals surface area contributed by atoms with Gasteiger partial charge in [0.25, 0.3) is 0 Å². The smallest absolute Gasteiger partial charge is 0.191 e. The minimum absolute atomic E-state index is 0. The number of ether oxygens (including phenoxy) is 1. The number of nitrogens with zero attached hydrogens (tertiary/aromatic N) is 1. The molecule has 1 rings (SSSR count). The van der Waals surface area contributed by atoms with Crippen LogP contribution in [0.15, 0.2) is 35.3 Å². The maximum absolute atomic E-state index is 11.4. The molecular formula is C14H24IN3O3S. The summed E-state index contributed by atoms with van der Waals surface area (Å²) in [6.07, 6.45) is 0. The van der Waals surface area contributed by atoms with Gasteiger partial charge in [-0.05, 0) is 12.1 Å². The zero-order chi connectivity index (χ0) is 15.6. The Morgan fingerprint density at radius 3 is 2.41 bits per heavy atom. The normalized spacial score (nSPS) is 11.5. The molecule has 0 heterocycles. The highest BCUT2D eigenvalue weighted by Crippen LogP contribution is 2.07. The molecule has 0 spiro atoms. The van der Waals surface area contributed by atoms with Crippen LogP contribution in [0, 0.1) is 0 Å². The fourth-order valence-corrected chi connectivity index (χ4v) is 2.25. The van der Waals surface area contributed by atoms with Crippen LogP contribution in [0.3, 0.4) is 0 Å². The molecule has 6 nitrogen and oxygen atoms in total. The van der Waals surface area contributed by atoms with Crippen LogP contribution in [0.4, 0.5) is 0 Å². The first-order chi connectivity index (χ1) is 10.1. The second-order valence-electron chi connectivity index (χ2n) is 4.32. The van der Waals surface area contributed by atoms with E-state index in [-0.39, 0.29) is 35.5 Å². The number of nitrogens with one attached hydrogen (secondary N) is 2. The second kappa shape index (κ2) is 11.5. The second-order valence-corrected chi connectivity index (χ2v) is 6.80. The molecule has 0 saturated heterocycles. The first-order valence-corrected chi connectivity index (χ1v) is 8.72. The largest absolute Gasteiger partial charge is 0.492 e. The van der Waals surface area contributed by atoms with Crippen LogP contribution in [-0.2, 0) is 9.84 Å². The van der Waals surface area contributed by atoms with Crippen LogP contribution >= 0.6 is 24.0 Å². The Kier molecular flexibility index (Phi) is 11.0. The lowest BCUT2D eigenvalue weighted by molar-refractivity contribution is 0.322. The van der Waals surface area contributed by atoms with E-state index in [1.165, 1.54) is 0 Å². The van der Waals surface area contributed by atoms with E-state index in [2.05, 4.69) is 15.6 Å². The van der Waals surface area contributed by atoms with E-state index in [1.807, 2.05) is 30.3 Å². The maximum Gasteiger partial charge on any atom is 0.191 e. The lowest BCUT2D eigenvalue weighted by atomic mass is 10.3. The van der Waals surface area contributed by atoms with E-state index in [0.717, 1.165) is 5.75 Å². The Bertz CT molecular complexity index is 536. The van der Waals surface area contributed by atoms with Crippen LogP contribution in [0.2, 0.25) is 0 Å². The number of guanidine groups is 1. The number of benzene rings is 1. The lowest BCUT2D eigenvalue weighted by Crippen LogP contribution is -2.41. The van der Waals surface area contributed by atoms with Gasteiger partial charge in [-0.1, -0.05) is 25.1 Å². The highest BCUT2D eigenvalue weighted by molar-refractivity contribution is 14.0. The van der Waals surface area contributed by atoms with E-state index in [4.69, 9.17) is 4.74 Å². The summed E-state index contributed by atoms with van der Waals surface area (Å²) in [6.45, 7) is 3.06. The molecule has 0 aromatic heterocycles. The van der Waals surface area contributed by atoms with E-state index in [0.29, 0.717) is 25.7 Å². The van der Waals surface area contributed by atoms with Crippen molar-refractivity contribution in [3.8, 4) is 5.75 Å². The standard InChI is InChI=1S/C14H23N3O3S.HI/c1-3-21(18,19)12-10-17-14(15-2)16-9-11-20-13-7-5-4-6-8-13;/h4-8H,3,9-12H2,1-2H3,(H2,15,16,17);1H. The molecule has 8 heteroatoms. The third-order valence-corrected chi connectivity index (χ3v) is 4.48. The molecule has 0 unspecified atom stereocenters. The van der Waals surface area contributed by atoms with Gasteiger partial charge in [0.15, 0.2) is 15.8 Å². The number of aliphatic imine (C=N–C) groups is 1. The van der Waals surface area contributed by atoms with Crippen molar-refractivity contribution < 1.29 is 13.2 Å². The van der Waals surface area contributed by atoms with Crippen LogP contribution in [0.25, 0.3) is 0 Å². The third kappa shape index (κ3) is 9.08. The number of rotatable bonds is 8. The fraction of sp³-hybridized carbons (Fsp3) is 0.500. The van der Waals surface area contributed by atoms with Gasteiger partial charge in [0, 0.05) is 19.3 Å². The summed E-state index contributed by atoms with van der Waals surface area (Å²) in [5.41, 5.74) is 0. The quantitative estimate of drug-likeness (QED) is 0.275. The average Bonchev–Trinajstić information content (AvgIpc) is 2.50. The van der Waals surface area contributed by atoms with Gasteiger partial charge in [0.2, 0.25) is 0 Å².